The lowest BCUT2D eigenvalue weighted by Crippen LogP contribution is -2.27. The second kappa shape index (κ2) is 11.7. The van der Waals surface area contributed by atoms with E-state index >= 15 is 0 Å². The summed E-state index contributed by atoms with van der Waals surface area (Å²) in [5.41, 5.74) is 3.62. The van der Waals surface area contributed by atoms with Crippen LogP contribution in [0.15, 0.2) is 60.9 Å². The lowest BCUT2D eigenvalue weighted by atomic mass is 10.1. The topological polar surface area (TPSA) is 89.5 Å². The first-order chi connectivity index (χ1) is 18.6. The second-order valence-electron chi connectivity index (χ2n) is 9.14. The van der Waals surface area contributed by atoms with E-state index in [1.54, 1.807) is 26.6 Å². The molecule has 1 aliphatic heterocycles. The van der Waals surface area contributed by atoms with Gasteiger partial charge in [0.1, 0.15) is 5.82 Å². The Hall–Kier alpha value is -4.46. The number of benzene rings is 2. The standard InChI is InChI=1S/C30H31N5O3/c1-37-26-19-24-25(20-27(26)38-2)33-28(34-29(24)32-16-13-22-11-14-31-15-12-22)10-7-21-5-8-23(9-6-21)30(36)35-17-3-4-18-35/h5-12,14-15,19-20H,3-4,13,16-18H2,1-2H3,(H,32,33,34)/b10-7+. The number of nitrogens with one attached hydrogen (secondary N) is 1. The fourth-order valence-corrected chi connectivity index (χ4v) is 4.57. The number of hydrogen-bond acceptors (Lipinski definition) is 7. The Morgan fingerprint density at radius 3 is 2.37 bits per heavy atom. The van der Waals surface area contributed by atoms with Crippen molar-refractivity contribution in [3.63, 3.8) is 0 Å². The smallest absolute Gasteiger partial charge is 0.253 e. The van der Waals surface area contributed by atoms with E-state index in [2.05, 4.69) is 10.3 Å². The molecule has 3 heterocycles. The Morgan fingerprint density at radius 2 is 1.66 bits per heavy atom. The van der Waals surface area contributed by atoms with Crippen LogP contribution >= 0.6 is 0 Å². The third kappa shape index (κ3) is 5.75. The number of aromatic nitrogens is 3. The maximum atomic E-state index is 12.6. The monoisotopic (exact) mass is 509 g/mol. The Balaban J connectivity index is 1.39. The normalized spacial score (nSPS) is 13.3. The first-order valence-corrected chi connectivity index (χ1v) is 12.8. The number of hydrogen-bond donors (Lipinski definition) is 1. The predicted octanol–water partition coefficient (Wildman–Crippen LogP) is 5.10. The van der Waals surface area contributed by atoms with Gasteiger partial charge in [0.25, 0.3) is 5.91 Å². The average Bonchev–Trinajstić information content (AvgIpc) is 3.51. The molecule has 8 nitrogen and oxygen atoms in total. The molecule has 0 unspecified atom stereocenters. The van der Waals surface area contributed by atoms with Crippen LogP contribution in [0.1, 0.15) is 40.2 Å². The molecule has 38 heavy (non-hydrogen) atoms. The van der Waals surface area contributed by atoms with E-state index in [0.29, 0.717) is 29.4 Å². The number of carbonyl (C=O) groups is 1. The molecule has 0 radical (unpaired) electrons. The van der Waals surface area contributed by atoms with Crippen LogP contribution in [-0.2, 0) is 6.42 Å². The van der Waals surface area contributed by atoms with Crippen LogP contribution in [0.25, 0.3) is 23.1 Å². The van der Waals surface area contributed by atoms with Crippen LogP contribution < -0.4 is 14.8 Å². The quantitative estimate of drug-likeness (QED) is 0.336. The molecule has 0 bridgehead atoms. The molecule has 5 rings (SSSR count). The molecule has 1 aliphatic rings. The first kappa shape index (κ1) is 25.2. The molecule has 194 valence electrons. The van der Waals surface area contributed by atoms with Gasteiger partial charge in [-0.05, 0) is 66.8 Å². The zero-order chi connectivity index (χ0) is 26.3. The number of likely N-dealkylation sites (tertiary alicyclic amines) is 1. The van der Waals surface area contributed by atoms with Gasteiger partial charge in [0.15, 0.2) is 17.3 Å². The summed E-state index contributed by atoms with van der Waals surface area (Å²) in [6, 6.07) is 15.4. The summed E-state index contributed by atoms with van der Waals surface area (Å²) < 4.78 is 11.0. The second-order valence-corrected chi connectivity index (χ2v) is 9.14. The number of fused-ring (bicyclic) bond motifs is 1. The van der Waals surface area contributed by atoms with Crippen molar-refractivity contribution in [1.29, 1.82) is 0 Å². The van der Waals surface area contributed by atoms with E-state index < -0.39 is 0 Å². The highest BCUT2D eigenvalue weighted by Gasteiger charge is 2.19. The van der Waals surface area contributed by atoms with Crippen molar-refractivity contribution in [3.05, 3.63) is 83.4 Å². The number of pyridine rings is 1. The average molecular weight is 510 g/mol. The van der Waals surface area contributed by atoms with Crippen LogP contribution in [0.2, 0.25) is 0 Å². The van der Waals surface area contributed by atoms with Gasteiger partial charge in [-0.3, -0.25) is 9.78 Å². The molecule has 2 aromatic carbocycles. The first-order valence-electron chi connectivity index (χ1n) is 12.8. The van der Waals surface area contributed by atoms with Crippen molar-refractivity contribution in [2.45, 2.75) is 19.3 Å². The Morgan fingerprint density at radius 1 is 0.947 bits per heavy atom. The largest absolute Gasteiger partial charge is 0.493 e. The van der Waals surface area contributed by atoms with Crippen LogP contribution in [0.3, 0.4) is 0 Å². The number of ether oxygens (including phenoxy) is 2. The molecule has 0 aliphatic carbocycles. The lowest BCUT2D eigenvalue weighted by molar-refractivity contribution is 0.0793. The summed E-state index contributed by atoms with van der Waals surface area (Å²) in [4.78, 5) is 28.2. The Labute approximate surface area is 222 Å². The van der Waals surface area contributed by atoms with Gasteiger partial charge in [0.05, 0.1) is 19.7 Å². The van der Waals surface area contributed by atoms with E-state index in [-0.39, 0.29) is 5.91 Å². The summed E-state index contributed by atoms with van der Waals surface area (Å²) in [6.45, 7) is 2.38. The van der Waals surface area contributed by atoms with Gasteiger partial charge in [-0.1, -0.05) is 18.2 Å². The summed E-state index contributed by atoms with van der Waals surface area (Å²) in [5.74, 6) is 2.61. The minimum Gasteiger partial charge on any atom is -0.493 e. The molecule has 4 aromatic rings. The predicted molar refractivity (Wildman–Crippen MR) is 150 cm³/mol. The van der Waals surface area contributed by atoms with Gasteiger partial charge in [0.2, 0.25) is 0 Å². The molecular formula is C30H31N5O3. The van der Waals surface area contributed by atoms with Crippen molar-refractivity contribution < 1.29 is 14.3 Å². The maximum absolute atomic E-state index is 12.6. The number of amides is 1. The zero-order valence-electron chi connectivity index (χ0n) is 21.7. The molecule has 0 spiro atoms. The van der Waals surface area contributed by atoms with Crippen LogP contribution in [0.4, 0.5) is 5.82 Å². The van der Waals surface area contributed by atoms with Gasteiger partial charge in [0, 0.05) is 49.0 Å². The zero-order valence-corrected chi connectivity index (χ0v) is 21.7. The van der Waals surface area contributed by atoms with Gasteiger partial charge >= 0.3 is 0 Å². The highest BCUT2D eigenvalue weighted by molar-refractivity contribution is 5.95. The van der Waals surface area contributed by atoms with E-state index in [0.717, 1.165) is 54.6 Å². The molecule has 1 N–H and O–H groups in total. The van der Waals surface area contributed by atoms with Crippen LogP contribution in [0.5, 0.6) is 11.5 Å². The number of anilines is 1. The van der Waals surface area contributed by atoms with Crippen LogP contribution in [-0.4, -0.2) is 59.6 Å². The van der Waals surface area contributed by atoms with Crippen molar-refractivity contribution in [2.75, 3.05) is 39.2 Å². The van der Waals surface area contributed by atoms with Crippen LogP contribution in [0, 0.1) is 0 Å². The number of nitrogens with zero attached hydrogens (tertiary/aromatic N) is 4. The van der Waals surface area contributed by atoms with Crippen molar-refractivity contribution >= 4 is 34.8 Å². The molecular weight excluding hydrogens is 478 g/mol. The minimum atomic E-state index is 0.0998. The lowest BCUT2D eigenvalue weighted by Gasteiger charge is -2.15. The number of rotatable bonds is 9. The third-order valence-corrected chi connectivity index (χ3v) is 6.65. The fourth-order valence-electron chi connectivity index (χ4n) is 4.57. The summed E-state index contributed by atoms with van der Waals surface area (Å²) in [6.07, 6.45) is 10.4. The Bertz CT molecular complexity index is 1430. The highest BCUT2D eigenvalue weighted by atomic mass is 16.5. The number of carbonyl (C=O) groups excluding carboxylic acids is 1. The third-order valence-electron chi connectivity index (χ3n) is 6.65. The molecule has 0 saturated carbocycles. The molecule has 0 atom stereocenters. The van der Waals surface area contributed by atoms with Gasteiger partial charge in [-0.2, -0.15) is 0 Å². The molecule has 8 heteroatoms. The van der Waals surface area contributed by atoms with E-state index in [4.69, 9.17) is 19.4 Å². The summed E-state index contributed by atoms with van der Waals surface area (Å²) >= 11 is 0. The van der Waals surface area contributed by atoms with Gasteiger partial charge in [-0.15, -0.1) is 0 Å². The fraction of sp³-hybridized carbons (Fsp3) is 0.267. The summed E-state index contributed by atoms with van der Waals surface area (Å²) in [5, 5.41) is 4.31. The highest BCUT2D eigenvalue weighted by Crippen LogP contribution is 2.34. The van der Waals surface area contributed by atoms with E-state index in [1.807, 2.05) is 65.6 Å². The molecule has 2 aromatic heterocycles. The Kier molecular flexibility index (Phi) is 7.78. The van der Waals surface area contributed by atoms with Crippen molar-refractivity contribution in [1.82, 2.24) is 19.9 Å². The van der Waals surface area contributed by atoms with E-state index in [9.17, 15) is 4.79 Å². The van der Waals surface area contributed by atoms with Gasteiger partial charge < -0.3 is 19.7 Å². The molecule has 1 amide bonds. The molecule has 1 saturated heterocycles. The minimum absolute atomic E-state index is 0.0998. The number of methoxy groups -OCH3 is 2. The SMILES string of the molecule is COc1cc2nc(/C=C/c3ccc(C(=O)N4CCCC4)cc3)nc(NCCc3ccncc3)c2cc1OC. The van der Waals surface area contributed by atoms with Gasteiger partial charge in [-0.25, -0.2) is 9.97 Å². The summed E-state index contributed by atoms with van der Waals surface area (Å²) in [7, 11) is 3.22. The van der Waals surface area contributed by atoms with E-state index in [1.165, 1.54) is 5.56 Å². The van der Waals surface area contributed by atoms with Crippen molar-refractivity contribution in [3.8, 4) is 11.5 Å². The van der Waals surface area contributed by atoms with Crippen molar-refractivity contribution in [2.24, 2.45) is 0 Å². The maximum Gasteiger partial charge on any atom is 0.253 e. The molecule has 1 fully saturated rings.